The molecule has 0 fully saturated rings. The van der Waals surface area contributed by atoms with Crippen LogP contribution in [0.3, 0.4) is 0 Å². The molecule has 0 aliphatic heterocycles. The van der Waals surface area contributed by atoms with Crippen molar-refractivity contribution < 1.29 is 28.6 Å². The fourth-order valence-electron chi connectivity index (χ4n) is 10.0. The lowest BCUT2D eigenvalue weighted by Crippen LogP contribution is -2.30. The van der Waals surface area contributed by atoms with Crippen molar-refractivity contribution in [2.45, 2.75) is 354 Å². The van der Waals surface area contributed by atoms with E-state index < -0.39 is 6.10 Å². The first kappa shape index (κ1) is 78.3. The first-order valence-electron chi connectivity index (χ1n) is 35.2. The lowest BCUT2D eigenvalue weighted by Gasteiger charge is -2.18. The molecule has 0 aliphatic carbocycles. The van der Waals surface area contributed by atoms with E-state index in [0.717, 1.165) is 128 Å². The van der Waals surface area contributed by atoms with E-state index in [2.05, 4.69) is 118 Å². The van der Waals surface area contributed by atoms with Crippen molar-refractivity contribution in [1.82, 2.24) is 0 Å². The molecular formula is C76H132O6. The van der Waals surface area contributed by atoms with Crippen LogP contribution >= 0.6 is 0 Å². The van der Waals surface area contributed by atoms with E-state index in [1.54, 1.807) is 0 Å². The zero-order valence-corrected chi connectivity index (χ0v) is 54.2. The summed E-state index contributed by atoms with van der Waals surface area (Å²) < 4.78 is 16.9. The minimum absolute atomic E-state index is 0.0858. The summed E-state index contributed by atoms with van der Waals surface area (Å²) in [6.07, 6.45) is 94.4. The number of allylic oxidation sites excluding steroid dienone is 16. The van der Waals surface area contributed by atoms with Gasteiger partial charge in [-0.25, -0.2) is 0 Å². The number of rotatable bonds is 64. The number of unbranched alkanes of at least 4 members (excludes halogenated alkanes) is 37. The standard InChI is InChI=1S/C76H132O6/c1-4-7-10-13-16-19-22-25-28-30-32-33-34-35-36-37-38-39-40-41-42-43-45-46-48-51-54-57-60-63-66-69-75(78)81-72-73(71-80-74(77)68-65-62-59-56-53-50-27-24-21-18-15-12-9-6-3)82-76(79)70-67-64-61-58-55-52-49-47-44-31-29-26-23-20-17-14-11-8-5-2/h8,11,15,17-18,20,22,24-27,29-30,32,44,47,73H,4-7,9-10,12-14,16,19,21,23,28,31,33-43,45-46,48-72H2,1-3H3/b11-8-,18-15-,20-17-,25-22-,27-24-,29-26-,32-30-,47-44-. The Morgan fingerprint density at radius 2 is 0.488 bits per heavy atom. The zero-order chi connectivity index (χ0) is 59.2. The van der Waals surface area contributed by atoms with Crippen LogP contribution in [-0.2, 0) is 28.6 Å². The summed E-state index contributed by atoms with van der Waals surface area (Å²) in [6.45, 7) is 6.49. The van der Waals surface area contributed by atoms with Crippen molar-refractivity contribution in [1.29, 1.82) is 0 Å². The molecule has 0 aromatic heterocycles. The van der Waals surface area contributed by atoms with Crippen molar-refractivity contribution in [3.63, 3.8) is 0 Å². The van der Waals surface area contributed by atoms with Crippen LogP contribution in [0, 0.1) is 0 Å². The molecule has 0 rings (SSSR count). The molecule has 0 radical (unpaired) electrons. The Balaban J connectivity index is 4.23. The van der Waals surface area contributed by atoms with Gasteiger partial charge in [-0.3, -0.25) is 14.4 Å². The molecule has 0 aromatic carbocycles. The molecule has 472 valence electrons. The van der Waals surface area contributed by atoms with Crippen LogP contribution in [0.4, 0.5) is 0 Å². The van der Waals surface area contributed by atoms with Crippen LogP contribution in [0.1, 0.15) is 348 Å². The minimum atomic E-state index is -0.792. The fraction of sp³-hybridized carbons (Fsp3) is 0.750. The lowest BCUT2D eigenvalue weighted by molar-refractivity contribution is -0.167. The van der Waals surface area contributed by atoms with E-state index in [1.807, 2.05) is 0 Å². The van der Waals surface area contributed by atoms with Crippen molar-refractivity contribution in [2.75, 3.05) is 13.2 Å². The molecular weight excluding hydrogens is 1010 g/mol. The van der Waals surface area contributed by atoms with Gasteiger partial charge in [-0.15, -0.1) is 0 Å². The van der Waals surface area contributed by atoms with Crippen LogP contribution in [-0.4, -0.2) is 37.2 Å². The first-order chi connectivity index (χ1) is 40.5. The lowest BCUT2D eigenvalue weighted by atomic mass is 10.0. The van der Waals surface area contributed by atoms with Crippen LogP contribution in [0.2, 0.25) is 0 Å². The Morgan fingerprint density at radius 1 is 0.256 bits per heavy atom. The third-order valence-corrected chi connectivity index (χ3v) is 15.3. The molecule has 0 spiro atoms. The molecule has 1 unspecified atom stereocenters. The van der Waals surface area contributed by atoms with Gasteiger partial charge in [0.2, 0.25) is 0 Å². The van der Waals surface area contributed by atoms with Gasteiger partial charge in [-0.1, -0.05) is 311 Å². The molecule has 0 heterocycles. The monoisotopic (exact) mass is 1140 g/mol. The van der Waals surface area contributed by atoms with Crippen molar-refractivity contribution in [3.05, 3.63) is 97.2 Å². The summed E-state index contributed by atoms with van der Waals surface area (Å²) in [5.41, 5.74) is 0. The topological polar surface area (TPSA) is 78.9 Å². The largest absolute Gasteiger partial charge is 0.462 e. The Morgan fingerprint density at radius 3 is 0.780 bits per heavy atom. The normalized spacial score (nSPS) is 12.7. The highest BCUT2D eigenvalue weighted by atomic mass is 16.6. The summed E-state index contributed by atoms with van der Waals surface area (Å²) >= 11 is 0. The number of ether oxygens (including phenoxy) is 3. The maximum Gasteiger partial charge on any atom is 0.306 e. The van der Waals surface area contributed by atoms with E-state index in [1.165, 1.54) is 180 Å². The number of hydrogen-bond acceptors (Lipinski definition) is 6. The Bertz CT molecular complexity index is 1590. The molecule has 1 atom stereocenters. The smallest absolute Gasteiger partial charge is 0.306 e. The second-order valence-electron chi connectivity index (χ2n) is 23.4. The minimum Gasteiger partial charge on any atom is -0.462 e. The quantitative estimate of drug-likeness (QED) is 0.0261. The van der Waals surface area contributed by atoms with Crippen molar-refractivity contribution in [3.8, 4) is 0 Å². The predicted molar refractivity (Wildman–Crippen MR) is 357 cm³/mol. The third kappa shape index (κ3) is 67.1. The van der Waals surface area contributed by atoms with Gasteiger partial charge in [-0.2, -0.15) is 0 Å². The van der Waals surface area contributed by atoms with Gasteiger partial charge in [0.15, 0.2) is 6.10 Å². The number of esters is 3. The third-order valence-electron chi connectivity index (χ3n) is 15.3. The van der Waals surface area contributed by atoms with Crippen LogP contribution < -0.4 is 0 Å². The predicted octanol–water partition coefficient (Wildman–Crippen LogP) is 24.4. The van der Waals surface area contributed by atoms with Gasteiger partial charge in [0.25, 0.3) is 0 Å². The molecule has 0 amide bonds. The highest BCUT2D eigenvalue weighted by molar-refractivity contribution is 5.71. The average Bonchev–Trinajstić information content (AvgIpc) is 3.47. The van der Waals surface area contributed by atoms with Crippen molar-refractivity contribution in [2.24, 2.45) is 0 Å². The van der Waals surface area contributed by atoms with Gasteiger partial charge in [-0.05, 0) is 116 Å². The summed E-state index contributed by atoms with van der Waals surface area (Å²) in [5.74, 6) is -0.900. The van der Waals surface area contributed by atoms with E-state index >= 15 is 0 Å². The van der Waals surface area contributed by atoms with Crippen LogP contribution in [0.5, 0.6) is 0 Å². The highest BCUT2D eigenvalue weighted by Crippen LogP contribution is 2.17. The van der Waals surface area contributed by atoms with E-state index in [-0.39, 0.29) is 31.1 Å². The highest BCUT2D eigenvalue weighted by Gasteiger charge is 2.19. The molecule has 0 saturated heterocycles. The molecule has 0 saturated carbocycles. The molecule has 0 N–H and O–H groups in total. The maximum atomic E-state index is 12.9. The van der Waals surface area contributed by atoms with Gasteiger partial charge in [0.05, 0.1) is 0 Å². The Kier molecular flexibility index (Phi) is 66.7. The van der Waals surface area contributed by atoms with Gasteiger partial charge >= 0.3 is 17.9 Å². The fourth-order valence-corrected chi connectivity index (χ4v) is 10.0. The number of carbonyl (C=O) groups excluding carboxylic acids is 3. The zero-order valence-electron chi connectivity index (χ0n) is 54.2. The summed E-state index contributed by atoms with van der Waals surface area (Å²) in [5, 5.41) is 0. The number of hydrogen-bond donors (Lipinski definition) is 0. The van der Waals surface area contributed by atoms with Gasteiger partial charge < -0.3 is 14.2 Å². The summed E-state index contributed by atoms with van der Waals surface area (Å²) in [4.78, 5) is 38.4. The molecule has 0 aromatic rings. The Labute approximate surface area is 508 Å². The van der Waals surface area contributed by atoms with E-state index in [9.17, 15) is 14.4 Å². The van der Waals surface area contributed by atoms with E-state index in [0.29, 0.717) is 19.3 Å². The second kappa shape index (κ2) is 69.8. The molecule has 0 aliphatic rings. The summed E-state index contributed by atoms with van der Waals surface area (Å²) in [6, 6.07) is 0. The van der Waals surface area contributed by atoms with Crippen LogP contribution in [0.15, 0.2) is 97.2 Å². The SMILES string of the molecule is CC/C=C\C/C=C\C/C=C\C/C=C\CCCCCCCCC(=O)OC(COC(=O)CCCCCCC/C=C\C/C=C\CCCC)COC(=O)CCCCCCCCCCCCCCCCCCCCC/C=C\C/C=C\CCCCCCC. The first-order valence-corrected chi connectivity index (χ1v) is 35.2. The Hall–Kier alpha value is -3.67. The second-order valence-corrected chi connectivity index (χ2v) is 23.4. The van der Waals surface area contributed by atoms with E-state index in [4.69, 9.17) is 14.2 Å². The van der Waals surface area contributed by atoms with Crippen molar-refractivity contribution >= 4 is 17.9 Å². The average molecular weight is 1140 g/mol. The number of carbonyl (C=O) groups is 3. The van der Waals surface area contributed by atoms with Crippen LogP contribution in [0.25, 0.3) is 0 Å². The van der Waals surface area contributed by atoms with Gasteiger partial charge in [0.1, 0.15) is 13.2 Å². The van der Waals surface area contributed by atoms with Gasteiger partial charge in [0, 0.05) is 19.3 Å². The molecule has 6 heteroatoms. The summed E-state index contributed by atoms with van der Waals surface area (Å²) in [7, 11) is 0. The molecule has 0 bridgehead atoms. The maximum absolute atomic E-state index is 12.9. The molecule has 6 nitrogen and oxygen atoms in total. The molecule has 82 heavy (non-hydrogen) atoms.